The molecule has 0 aromatic heterocycles. The maximum Gasteiger partial charge on any atom is 0.573 e. The van der Waals surface area contributed by atoms with E-state index in [-0.39, 0.29) is 30.0 Å². The third kappa shape index (κ3) is 8.12. The number of nitrogens with one attached hydrogen (secondary N) is 2. The van der Waals surface area contributed by atoms with Crippen molar-refractivity contribution in [3.63, 3.8) is 0 Å². The smallest absolute Gasteiger partial charge is 0.406 e. The van der Waals surface area contributed by atoms with E-state index < -0.39 is 17.8 Å². The summed E-state index contributed by atoms with van der Waals surface area (Å²) in [5, 5.41) is 5.64. The van der Waals surface area contributed by atoms with Gasteiger partial charge in [-0.05, 0) is 42.3 Å². The van der Waals surface area contributed by atoms with E-state index in [2.05, 4.69) is 15.4 Å². The van der Waals surface area contributed by atoms with Gasteiger partial charge in [-0.1, -0.05) is 32.9 Å². The van der Waals surface area contributed by atoms with Crippen LogP contribution in [0.1, 0.15) is 43.1 Å². The molecule has 0 spiro atoms. The van der Waals surface area contributed by atoms with Crippen LogP contribution in [0.4, 0.5) is 18.9 Å². The fraction of sp³-hybridized carbons (Fsp3) is 0.423. The second kappa shape index (κ2) is 12.1. The zero-order chi connectivity index (χ0) is 28.1. The van der Waals surface area contributed by atoms with Gasteiger partial charge in [0.15, 0.2) is 0 Å². The lowest BCUT2D eigenvalue weighted by Gasteiger charge is -2.25. The number of nitrogens with zero attached hydrogens (tertiary/aromatic N) is 1. The number of fused-ring (bicyclic) bond motifs is 1. The van der Waals surface area contributed by atoms with E-state index in [9.17, 15) is 27.6 Å². The summed E-state index contributed by atoms with van der Waals surface area (Å²) in [4.78, 5) is 40.0. The molecule has 1 aliphatic rings. The van der Waals surface area contributed by atoms with Crippen molar-refractivity contribution >= 4 is 35.2 Å². The first-order chi connectivity index (χ1) is 17.7. The molecule has 3 rings (SSSR count). The number of benzene rings is 2. The van der Waals surface area contributed by atoms with Crippen molar-refractivity contribution in [2.75, 3.05) is 23.7 Å². The van der Waals surface area contributed by atoms with E-state index in [1.165, 1.54) is 40.9 Å². The molecule has 0 radical (unpaired) electrons. The molecule has 2 aromatic carbocycles. The van der Waals surface area contributed by atoms with Crippen molar-refractivity contribution in [3.8, 4) is 5.75 Å². The van der Waals surface area contributed by atoms with Gasteiger partial charge >= 0.3 is 6.36 Å². The van der Waals surface area contributed by atoms with Crippen LogP contribution in [0.15, 0.2) is 47.4 Å². The Hall–Kier alpha value is -3.25. The molecule has 0 unspecified atom stereocenters. The summed E-state index contributed by atoms with van der Waals surface area (Å²) in [7, 11) is 0. The molecule has 0 saturated heterocycles. The van der Waals surface area contributed by atoms with Crippen LogP contribution in [-0.4, -0.2) is 49.0 Å². The van der Waals surface area contributed by atoms with Gasteiger partial charge in [-0.3, -0.25) is 14.4 Å². The molecule has 0 bridgehead atoms. The quantitative estimate of drug-likeness (QED) is 0.429. The summed E-state index contributed by atoms with van der Waals surface area (Å²) in [6.45, 7) is 6.27. The normalized spacial score (nSPS) is 15.9. The van der Waals surface area contributed by atoms with Crippen molar-refractivity contribution in [3.05, 3.63) is 53.6 Å². The molecule has 38 heavy (non-hydrogen) atoms. The van der Waals surface area contributed by atoms with Gasteiger partial charge in [0, 0.05) is 34.7 Å². The van der Waals surface area contributed by atoms with Gasteiger partial charge in [-0.25, -0.2) is 0 Å². The lowest BCUT2D eigenvalue weighted by molar-refractivity contribution is -0.274. The lowest BCUT2D eigenvalue weighted by atomic mass is 9.96. The Kier molecular flexibility index (Phi) is 9.31. The summed E-state index contributed by atoms with van der Waals surface area (Å²) in [6, 6.07) is 9.45. The zero-order valence-electron chi connectivity index (χ0n) is 21.4. The van der Waals surface area contributed by atoms with E-state index in [1.807, 2.05) is 20.8 Å². The van der Waals surface area contributed by atoms with Crippen molar-refractivity contribution in [1.82, 2.24) is 10.6 Å². The molecule has 3 amide bonds. The Bertz CT molecular complexity index is 1170. The summed E-state index contributed by atoms with van der Waals surface area (Å²) < 4.78 is 41.3. The molecule has 1 aliphatic heterocycles. The van der Waals surface area contributed by atoms with Gasteiger partial charge in [0.1, 0.15) is 5.75 Å². The number of nitrogens with two attached hydrogens (primary N) is 1. The third-order valence-electron chi connectivity index (χ3n) is 5.62. The number of carbonyl (C=O) groups is 3. The summed E-state index contributed by atoms with van der Waals surface area (Å²) >= 11 is 1.39. The molecule has 4 N–H and O–H groups in total. The first kappa shape index (κ1) is 29.3. The minimum Gasteiger partial charge on any atom is -0.406 e. The standard InChI is InChI=1S/C26H31F3N4O4S/c1-25(2,3)24(36)32-12-4-11-31-22(34)17-7-10-21-20(13-17)33(23(35)19(30)15-38-21)14-16-5-8-18(9-6-16)37-26(27,28)29/h5-10,13,19H,4,11-12,14-15,30H2,1-3H3,(H,31,34)(H,32,36)/t19-/m0/s1. The number of alkyl halides is 3. The van der Waals surface area contributed by atoms with Crippen LogP contribution in [0, 0.1) is 5.41 Å². The number of hydrogen-bond donors (Lipinski definition) is 3. The largest absolute Gasteiger partial charge is 0.573 e. The fourth-order valence-corrected chi connectivity index (χ4v) is 4.55. The number of carbonyl (C=O) groups excluding carboxylic acids is 3. The summed E-state index contributed by atoms with van der Waals surface area (Å²) in [5.41, 5.74) is 6.97. The van der Waals surface area contributed by atoms with E-state index in [0.29, 0.717) is 42.1 Å². The number of thioether (sulfide) groups is 1. The Morgan fingerprint density at radius 3 is 2.37 bits per heavy atom. The SMILES string of the molecule is CC(C)(C)C(=O)NCCCNC(=O)c1ccc2c(c1)N(Cc1ccc(OC(F)(F)F)cc1)C(=O)[C@@H](N)CS2. The molecule has 206 valence electrons. The summed E-state index contributed by atoms with van der Waals surface area (Å²) in [5.74, 6) is -0.800. The minimum absolute atomic E-state index is 0.0466. The Morgan fingerprint density at radius 2 is 1.74 bits per heavy atom. The second-order valence-corrected chi connectivity index (χ2v) is 10.9. The van der Waals surface area contributed by atoms with Crippen LogP contribution < -0.4 is 26.0 Å². The highest BCUT2D eigenvalue weighted by molar-refractivity contribution is 7.99. The van der Waals surface area contributed by atoms with E-state index in [1.54, 1.807) is 18.2 Å². The van der Waals surface area contributed by atoms with Gasteiger partial charge in [0.25, 0.3) is 5.91 Å². The van der Waals surface area contributed by atoms with Gasteiger partial charge in [-0.2, -0.15) is 0 Å². The molecule has 0 fully saturated rings. The molecule has 1 atom stereocenters. The predicted octanol–water partition coefficient (Wildman–Crippen LogP) is 3.83. The average Bonchev–Trinajstić information content (AvgIpc) is 2.95. The van der Waals surface area contributed by atoms with Crippen LogP contribution in [0.2, 0.25) is 0 Å². The van der Waals surface area contributed by atoms with E-state index in [0.717, 1.165) is 4.90 Å². The molecule has 2 aromatic rings. The van der Waals surface area contributed by atoms with Crippen LogP contribution in [0.25, 0.3) is 0 Å². The third-order valence-corrected chi connectivity index (χ3v) is 6.80. The first-order valence-corrected chi connectivity index (χ1v) is 13.0. The van der Waals surface area contributed by atoms with Gasteiger partial charge in [0.05, 0.1) is 18.3 Å². The number of halogens is 3. The van der Waals surface area contributed by atoms with Crippen molar-refractivity contribution < 1.29 is 32.3 Å². The molecule has 8 nitrogen and oxygen atoms in total. The number of amides is 3. The minimum atomic E-state index is -4.80. The second-order valence-electron chi connectivity index (χ2n) is 9.83. The van der Waals surface area contributed by atoms with Crippen molar-refractivity contribution in [1.29, 1.82) is 0 Å². The zero-order valence-corrected chi connectivity index (χ0v) is 22.2. The van der Waals surface area contributed by atoms with Gasteiger partial charge < -0.3 is 26.0 Å². The number of hydrogen-bond acceptors (Lipinski definition) is 6. The van der Waals surface area contributed by atoms with Gasteiger partial charge in [0.2, 0.25) is 11.8 Å². The molecular formula is C26H31F3N4O4S. The van der Waals surface area contributed by atoms with Crippen LogP contribution in [0.5, 0.6) is 5.75 Å². The first-order valence-electron chi connectivity index (χ1n) is 12.0. The van der Waals surface area contributed by atoms with Crippen LogP contribution >= 0.6 is 11.8 Å². The number of ether oxygens (including phenoxy) is 1. The van der Waals surface area contributed by atoms with Crippen molar-refractivity contribution in [2.24, 2.45) is 11.1 Å². The van der Waals surface area contributed by atoms with E-state index in [4.69, 9.17) is 5.73 Å². The summed E-state index contributed by atoms with van der Waals surface area (Å²) in [6.07, 6.45) is -4.26. The monoisotopic (exact) mass is 552 g/mol. The fourth-order valence-electron chi connectivity index (χ4n) is 3.56. The topological polar surface area (TPSA) is 114 Å². The predicted molar refractivity (Wildman–Crippen MR) is 139 cm³/mol. The van der Waals surface area contributed by atoms with E-state index >= 15 is 0 Å². The molecule has 1 heterocycles. The lowest BCUT2D eigenvalue weighted by Crippen LogP contribution is -2.44. The highest BCUT2D eigenvalue weighted by Crippen LogP contribution is 2.36. The van der Waals surface area contributed by atoms with Crippen LogP contribution in [-0.2, 0) is 16.1 Å². The highest BCUT2D eigenvalue weighted by Gasteiger charge is 2.32. The number of anilines is 1. The maximum absolute atomic E-state index is 13.1. The maximum atomic E-state index is 13.1. The Morgan fingerprint density at radius 1 is 1.08 bits per heavy atom. The average molecular weight is 553 g/mol. The van der Waals surface area contributed by atoms with Gasteiger partial charge in [-0.15, -0.1) is 24.9 Å². The molecule has 12 heteroatoms. The molecule has 0 saturated carbocycles. The molecule has 0 aliphatic carbocycles. The Balaban J connectivity index is 1.71. The highest BCUT2D eigenvalue weighted by atomic mass is 32.2. The van der Waals surface area contributed by atoms with Crippen LogP contribution in [0.3, 0.4) is 0 Å². The number of rotatable bonds is 8. The van der Waals surface area contributed by atoms with Crippen molar-refractivity contribution in [2.45, 2.75) is 51.0 Å². The Labute approximate surface area is 223 Å². The molecular weight excluding hydrogens is 521 g/mol.